The summed E-state index contributed by atoms with van der Waals surface area (Å²) in [6.07, 6.45) is 1.41. The molecular formula is C24H19Cl2N3O6S. The Kier molecular flexibility index (Phi) is 7.73. The fraction of sp³-hybridized carbons (Fsp3) is 0.0417. The first-order valence-electron chi connectivity index (χ1n) is 9.96. The van der Waals surface area contributed by atoms with E-state index in [0.29, 0.717) is 21.2 Å². The summed E-state index contributed by atoms with van der Waals surface area (Å²) in [5.74, 6) is -0.900. The highest BCUT2D eigenvalue weighted by Gasteiger charge is 2.22. The van der Waals surface area contributed by atoms with E-state index >= 15 is 0 Å². The minimum atomic E-state index is -2.43. The standard InChI is InChI=1S/C24H19Cl2N3O6S/c1-36(2,27)29-21(30)13-4-6-16(23(32)33)18(9-13)22(31)28-20-10-12(3-7-17(20)24(34)35)15-8-5-14(25)11-19(15)26/h3-11H,1H2,2H3,(H,28,31)(H,32,33)(H,34,35)(H2,27,29,30). The van der Waals surface area contributed by atoms with Gasteiger partial charge >= 0.3 is 11.9 Å². The molecule has 0 bridgehead atoms. The third kappa shape index (κ3) is 6.22. The van der Waals surface area contributed by atoms with Gasteiger partial charge < -0.3 is 15.5 Å². The molecule has 0 saturated carbocycles. The molecule has 0 radical (unpaired) electrons. The van der Waals surface area contributed by atoms with Crippen LogP contribution in [-0.4, -0.2) is 46.1 Å². The van der Waals surface area contributed by atoms with Crippen molar-refractivity contribution in [1.82, 2.24) is 4.72 Å². The number of nitrogens with one attached hydrogen (secondary N) is 3. The fourth-order valence-electron chi connectivity index (χ4n) is 3.24. The van der Waals surface area contributed by atoms with E-state index in [1.165, 1.54) is 36.6 Å². The summed E-state index contributed by atoms with van der Waals surface area (Å²) in [5.41, 5.74) is -0.249. The van der Waals surface area contributed by atoms with Gasteiger partial charge in [0, 0.05) is 27.4 Å². The second kappa shape index (κ2) is 10.4. The van der Waals surface area contributed by atoms with Gasteiger partial charge in [0.2, 0.25) is 0 Å². The molecule has 0 aliphatic heterocycles. The Labute approximate surface area is 216 Å². The lowest BCUT2D eigenvalue weighted by atomic mass is 10.0. The van der Waals surface area contributed by atoms with Gasteiger partial charge in [0.05, 0.1) is 22.4 Å². The summed E-state index contributed by atoms with van der Waals surface area (Å²) in [7, 11) is -2.43. The summed E-state index contributed by atoms with van der Waals surface area (Å²) in [4.78, 5) is 49.1. The first-order chi connectivity index (χ1) is 16.8. The Morgan fingerprint density at radius 2 is 1.50 bits per heavy atom. The minimum Gasteiger partial charge on any atom is -0.478 e. The number of carboxylic acid groups (broad SMARTS) is 2. The van der Waals surface area contributed by atoms with E-state index in [-0.39, 0.29) is 22.4 Å². The van der Waals surface area contributed by atoms with E-state index in [0.717, 1.165) is 12.1 Å². The molecular weight excluding hydrogens is 529 g/mol. The van der Waals surface area contributed by atoms with Crippen LogP contribution >= 0.6 is 23.2 Å². The van der Waals surface area contributed by atoms with Crippen LogP contribution < -0.4 is 10.0 Å². The van der Waals surface area contributed by atoms with Gasteiger partial charge in [-0.15, -0.1) is 0 Å². The molecule has 9 nitrogen and oxygen atoms in total. The second-order valence-electron chi connectivity index (χ2n) is 7.73. The van der Waals surface area contributed by atoms with E-state index in [9.17, 15) is 29.4 Å². The average Bonchev–Trinajstić information content (AvgIpc) is 2.77. The lowest BCUT2D eigenvalue weighted by Gasteiger charge is -2.14. The molecule has 0 heterocycles. The zero-order valence-corrected chi connectivity index (χ0v) is 20.9. The summed E-state index contributed by atoms with van der Waals surface area (Å²) >= 11 is 12.2. The SMILES string of the molecule is C=S(C)(=N)NC(=O)c1ccc(C(=O)O)c(C(=O)Nc2cc(-c3ccc(Cl)cc3Cl)ccc2C(=O)O)c1. The number of carboxylic acids is 2. The highest BCUT2D eigenvalue weighted by molar-refractivity contribution is 7.99. The van der Waals surface area contributed by atoms with Crippen LogP contribution in [0.15, 0.2) is 54.6 Å². The van der Waals surface area contributed by atoms with Crippen molar-refractivity contribution in [3.8, 4) is 11.1 Å². The number of hydrogen-bond acceptors (Lipinski definition) is 5. The first-order valence-corrected chi connectivity index (χ1v) is 12.9. The van der Waals surface area contributed by atoms with Crippen molar-refractivity contribution in [2.45, 2.75) is 0 Å². The number of hydrogen-bond donors (Lipinski definition) is 5. The van der Waals surface area contributed by atoms with E-state index in [4.69, 9.17) is 28.0 Å². The third-order valence-corrected chi connectivity index (χ3v) is 6.00. The largest absolute Gasteiger partial charge is 0.478 e. The maximum absolute atomic E-state index is 13.1. The van der Waals surface area contributed by atoms with Gasteiger partial charge in [-0.1, -0.05) is 44.9 Å². The number of anilines is 1. The molecule has 1 atom stereocenters. The lowest BCUT2D eigenvalue weighted by molar-refractivity contribution is 0.0684. The van der Waals surface area contributed by atoms with Crippen LogP contribution in [0.5, 0.6) is 0 Å². The zero-order valence-electron chi connectivity index (χ0n) is 18.6. The molecule has 0 aliphatic carbocycles. The third-order valence-electron chi connectivity index (χ3n) is 4.82. The molecule has 5 N–H and O–H groups in total. The highest BCUT2D eigenvalue weighted by Crippen LogP contribution is 2.33. The van der Waals surface area contributed by atoms with Crippen molar-refractivity contribution < 1.29 is 29.4 Å². The summed E-state index contributed by atoms with van der Waals surface area (Å²) in [5, 5.41) is 22.3. The molecule has 3 aromatic carbocycles. The molecule has 0 fully saturated rings. The van der Waals surface area contributed by atoms with Crippen LogP contribution in [0.3, 0.4) is 0 Å². The molecule has 36 heavy (non-hydrogen) atoms. The maximum Gasteiger partial charge on any atom is 0.337 e. The maximum atomic E-state index is 13.1. The van der Waals surface area contributed by atoms with Crippen molar-refractivity contribution in [1.29, 1.82) is 4.78 Å². The number of carbonyl (C=O) groups is 4. The number of aromatic carboxylic acids is 2. The Morgan fingerprint density at radius 1 is 0.861 bits per heavy atom. The molecule has 3 rings (SSSR count). The predicted octanol–water partition coefficient (Wildman–Crippen LogP) is 4.93. The highest BCUT2D eigenvalue weighted by atomic mass is 35.5. The Balaban J connectivity index is 2.07. The van der Waals surface area contributed by atoms with Crippen LogP contribution in [0.1, 0.15) is 41.4 Å². The molecule has 0 spiro atoms. The quantitative estimate of drug-likeness (QED) is 0.264. The molecule has 0 aromatic heterocycles. The summed E-state index contributed by atoms with van der Waals surface area (Å²) in [6, 6.07) is 12.2. The van der Waals surface area contributed by atoms with E-state index < -0.39 is 38.9 Å². The van der Waals surface area contributed by atoms with Crippen LogP contribution in [0, 0.1) is 4.78 Å². The molecule has 186 valence electrons. The van der Waals surface area contributed by atoms with Gasteiger partial charge in [-0.05, 0) is 53.9 Å². The molecule has 1 unspecified atom stereocenters. The Morgan fingerprint density at radius 3 is 2.08 bits per heavy atom. The van der Waals surface area contributed by atoms with Gasteiger partial charge in [0.15, 0.2) is 0 Å². The van der Waals surface area contributed by atoms with Crippen molar-refractivity contribution in [2.24, 2.45) is 0 Å². The molecule has 0 aliphatic rings. The van der Waals surface area contributed by atoms with Crippen molar-refractivity contribution in [3.05, 3.63) is 86.9 Å². The number of benzene rings is 3. The van der Waals surface area contributed by atoms with E-state index in [2.05, 4.69) is 15.9 Å². The number of amides is 2. The topological polar surface area (TPSA) is 157 Å². The van der Waals surface area contributed by atoms with Gasteiger partial charge in [-0.2, -0.15) is 0 Å². The van der Waals surface area contributed by atoms with Crippen molar-refractivity contribution in [2.75, 3.05) is 11.6 Å². The Bertz CT molecular complexity index is 1540. The molecule has 0 saturated heterocycles. The first kappa shape index (κ1) is 26.7. The number of halogens is 2. The van der Waals surface area contributed by atoms with Crippen molar-refractivity contribution in [3.63, 3.8) is 0 Å². The smallest absolute Gasteiger partial charge is 0.337 e. The second-order valence-corrected chi connectivity index (χ2v) is 11.0. The summed E-state index contributed by atoms with van der Waals surface area (Å²) in [6.45, 7) is 0. The van der Waals surface area contributed by atoms with Crippen LogP contribution in [0.4, 0.5) is 5.69 Å². The minimum absolute atomic E-state index is 0.0695. The molecule has 12 heteroatoms. The van der Waals surface area contributed by atoms with Crippen LogP contribution in [0.2, 0.25) is 10.0 Å². The van der Waals surface area contributed by atoms with Crippen molar-refractivity contribution >= 4 is 68.1 Å². The lowest BCUT2D eigenvalue weighted by Crippen LogP contribution is -2.29. The van der Waals surface area contributed by atoms with Crippen LogP contribution in [-0.2, 0) is 9.60 Å². The van der Waals surface area contributed by atoms with E-state index in [1.807, 2.05) is 0 Å². The number of carbonyl (C=O) groups excluding carboxylic acids is 2. The zero-order chi connectivity index (χ0) is 26.8. The summed E-state index contributed by atoms with van der Waals surface area (Å²) < 4.78 is 10.2. The Hall–Kier alpha value is -3.86. The van der Waals surface area contributed by atoms with Gasteiger partial charge in [0.25, 0.3) is 11.8 Å². The van der Waals surface area contributed by atoms with Crippen LogP contribution in [0.25, 0.3) is 11.1 Å². The van der Waals surface area contributed by atoms with Gasteiger partial charge in [0.1, 0.15) is 0 Å². The molecule has 3 aromatic rings. The van der Waals surface area contributed by atoms with E-state index in [1.54, 1.807) is 12.1 Å². The predicted molar refractivity (Wildman–Crippen MR) is 141 cm³/mol. The normalized spacial score (nSPS) is 12.3. The van der Waals surface area contributed by atoms with Gasteiger partial charge in [-0.25, -0.2) is 9.59 Å². The fourth-order valence-corrected chi connectivity index (χ4v) is 4.28. The van der Waals surface area contributed by atoms with Gasteiger partial charge in [-0.3, -0.25) is 19.1 Å². The average molecular weight is 548 g/mol. The number of rotatable bonds is 7. The molecule has 2 amide bonds. The monoisotopic (exact) mass is 547 g/mol.